The van der Waals surface area contributed by atoms with Crippen LogP contribution in [0.3, 0.4) is 0 Å². The van der Waals surface area contributed by atoms with E-state index in [0.717, 1.165) is 7.05 Å². The summed E-state index contributed by atoms with van der Waals surface area (Å²) in [6.45, 7) is 0.255. The fraction of sp³-hybridized carbons (Fsp3) is 0.316. The third-order valence-corrected chi connectivity index (χ3v) is 3.52. The van der Waals surface area contributed by atoms with E-state index in [-0.39, 0.29) is 5.56 Å². The summed E-state index contributed by atoms with van der Waals surface area (Å²) in [6.07, 6.45) is -3.90. The first-order valence-electron chi connectivity index (χ1n) is 7.99. The molecule has 0 aliphatic heterocycles. The van der Waals surface area contributed by atoms with Crippen LogP contribution in [-0.4, -0.2) is 32.1 Å². The number of halogens is 4. The van der Waals surface area contributed by atoms with Crippen LogP contribution >= 0.6 is 0 Å². The molecule has 0 aliphatic carbocycles. The Bertz CT molecular complexity index is 710. The molecule has 0 atom stereocenters. The Labute approximate surface area is 149 Å². The zero-order chi connectivity index (χ0) is 19.0. The Hall–Kier alpha value is -2.57. The molecule has 0 aromatic heterocycles. The van der Waals surface area contributed by atoms with Gasteiger partial charge in [-0.15, -0.1) is 0 Å². The second-order valence-electron chi connectivity index (χ2n) is 5.42. The predicted molar refractivity (Wildman–Crippen MR) is 91.8 cm³/mol. The number of nitrogens with zero attached hydrogens (tertiary/aromatic N) is 1. The summed E-state index contributed by atoms with van der Waals surface area (Å²) in [7, 11) is 1.11. The van der Waals surface area contributed by atoms with Crippen LogP contribution in [0.15, 0.2) is 53.5 Å². The molecule has 0 saturated carbocycles. The minimum Gasteiger partial charge on any atom is -0.493 e. The van der Waals surface area contributed by atoms with Crippen molar-refractivity contribution in [2.24, 2.45) is 4.99 Å². The fourth-order valence-corrected chi connectivity index (χ4v) is 2.24. The lowest BCUT2D eigenvalue weighted by molar-refractivity contribution is -0.0581. The van der Waals surface area contributed by atoms with Crippen LogP contribution in [0.1, 0.15) is 17.5 Å². The molecule has 2 aromatic carbocycles. The highest BCUT2D eigenvalue weighted by atomic mass is 19.4. The topological polar surface area (TPSA) is 30.8 Å². The number of rotatable bonds is 8. The summed E-state index contributed by atoms with van der Waals surface area (Å²) >= 11 is 0. The molecule has 3 nitrogen and oxygen atoms in total. The van der Waals surface area contributed by atoms with Crippen LogP contribution < -0.4 is 9.47 Å². The number of ether oxygens (including phenoxy) is 2. The monoisotopic (exact) mass is 369 g/mol. The molecule has 0 amide bonds. The van der Waals surface area contributed by atoms with Gasteiger partial charge in [-0.2, -0.15) is 13.2 Å². The first-order chi connectivity index (χ1) is 12.4. The number of hydrogen-bond acceptors (Lipinski definition) is 3. The van der Waals surface area contributed by atoms with Crippen molar-refractivity contribution in [3.05, 3.63) is 59.7 Å². The van der Waals surface area contributed by atoms with E-state index in [1.807, 2.05) is 0 Å². The summed E-state index contributed by atoms with van der Waals surface area (Å²) in [5, 5.41) is 0. The third-order valence-electron chi connectivity index (χ3n) is 3.52. The highest BCUT2D eigenvalue weighted by Gasteiger charge is 2.36. The molecule has 0 N–H and O–H groups in total. The van der Waals surface area contributed by atoms with Gasteiger partial charge in [0.2, 0.25) is 0 Å². The van der Waals surface area contributed by atoms with Gasteiger partial charge in [-0.25, -0.2) is 4.39 Å². The Kier molecular flexibility index (Phi) is 7.00. The number of benzene rings is 2. The van der Waals surface area contributed by atoms with Gasteiger partial charge in [0.05, 0.1) is 13.2 Å². The second-order valence-corrected chi connectivity index (χ2v) is 5.42. The van der Waals surface area contributed by atoms with Crippen molar-refractivity contribution in [3.63, 3.8) is 0 Å². The lowest BCUT2D eigenvalue weighted by atomic mass is 10.1. The fourth-order valence-electron chi connectivity index (χ4n) is 2.24. The van der Waals surface area contributed by atoms with Gasteiger partial charge in [0, 0.05) is 19.0 Å². The van der Waals surface area contributed by atoms with E-state index in [4.69, 9.17) is 9.47 Å². The molecule has 2 rings (SSSR count). The lowest BCUT2D eigenvalue weighted by Gasteiger charge is -2.11. The lowest BCUT2D eigenvalue weighted by Crippen LogP contribution is -2.23. The first-order valence-corrected chi connectivity index (χ1v) is 7.99. The SMILES string of the molecule is CN=C(c1ccc(OCCCOc2ccc(CF)cc2)cc1)C(F)(F)F. The van der Waals surface area contributed by atoms with Gasteiger partial charge in [-0.3, -0.25) is 4.99 Å². The zero-order valence-electron chi connectivity index (χ0n) is 14.2. The standard InChI is InChI=1S/C19H19F4NO2/c1-24-18(19(21,22)23)15-5-9-17(10-6-15)26-12-2-11-25-16-7-3-14(13-20)4-8-16/h3-10H,2,11-13H2,1H3. The maximum Gasteiger partial charge on any atom is 0.433 e. The van der Waals surface area contributed by atoms with Crippen LogP contribution in [0.2, 0.25) is 0 Å². The molecule has 7 heteroatoms. The average molecular weight is 369 g/mol. The smallest absolute Gasteiger partial charge is 0.433 e. The van der Waals surface area contributed by atoms with Gasteiger partial charge in [-0.05, 0) is 42.0 Å². The van der Waals surface area contributed by atoms with E-state index in [0.29, 0.717) is 36.7 Å². The minimum atomic E-state index is -4.49. The van der Waals surface area contributed by atoms with E-state index >= 15 is 0 Å². The highest BCUT2D eigenvalue weighted by Crippen LogP contribution is 2.24. The van der Waals surface area contributed by atoms with E-state index in [1.165, 1.54) is 24.3 Å². The maximum absolute atomic E-state index is 12.8. The van der Waals surface area contributed by atoms with Gasteiger partial charge in [0.1, 0.15) is 23.9 Å². The molecule has 0 spiro atoms. The van der Waals surface area contributed by atoms with Crippen molar-refractivity contribution in [2.45, 2.75) is 19.3 Å². The molecule has 2 aromatic rings. The number of aliphatic imine (C=N–C) groups is 1. The molecule has 0 heterocycles. The van der Waals surface area contributed by atoms with Crippen LogP contribution in [0.25, 0.3) is 0 Å². The van der Waals surface area contributed by atoms with E-state index in [2.05, 4.69) is 4.99 Å². The van der Waals surface area contributed by atoms with Crippen LogP contribution in [0.4, 0.5) is 17.6 Å². The van der Waals surface area contributed by atoms with Crippen molar-refractivity contribution in [3.8, 4) is 11.5 Å². The minimum absolute atomic E-state index is 0.00703. The normalized spacial score (nSPS) is 12.1. The van der Waals surface area contributed by atoms with Gasteiger partial charge in [0.25, 0.3) is 0 Å². The van der Waals surface area contributed by atoms with E-state index in [1.54, 1.807) is 24.3 Å². The van der Waals surface area contributed by atoms with Crippen LogP contribution in [0.5, 0.6) is 11.5 Å². The number of alkyl halides is 4. The zero-order valence-corrected chi connectivity index (χ0v) is 14.2. The summed E-state index contributed by atoms with van der Waals surface area (Å²) < 4.78 is 61.7. The molecular weight excluding hydrogens is 350 g/mol. The quantitative estimate of drug-likeness (QED) is 0.373. The predicted octanol–water partition coefficient (Wildman–Crippen LogP) is 4.99. The van der Waals surface area contributed by atoms with Crippen molar-refractivity contribution in [2.75, 3.05) is 20.3 Å². The van der Waals surface area contributed by atoms with Gasteiger partial charge in [-0.1, -0.05) is 12.1 Å². The summed E-state index contributed by atoms with van der Waals surface area (Å²) in [6, 6.07) is 12.3. The molecule has 0 bridgehead atoms. The average Bonchev–Trinajstić information content (AvgIpc) is 2.62. The molecule has 0 unspecified atom stereocenters. The molecule has 0 saturated heterocycles. The van der Waals surface area contributed by atoms with Crippen molar-refractivity contribution >= 4 is 5.71 Å². The Morgan fingerprint density at radius 3 is 1.81 bits per heavy atom. The highest BCUT2D eigenvalue weighted by molar-refractivity contribution is 6.04. The number of hydrogen-bond donors (Lipinski definition) is 0. The van der Waals surface area contributed by atoms with Crippen LogP contribution in [0, 0.1) is 0 Å². The first kappa shape index (κ1) is 19.8. The Balaban J connectivity index is 1.76. The van der Waals surface area contributed by atoms with Crippen molar-refractivity contribution in [1.82, 2.24) is 0 Å². The third kappa shape index (κ3) is 5.75. The van der Waals surface area contributed by atoms with Crippen molar-refractivity contribution in [1.29, 1.82) is 0 Å². The largest absolute Gasteiger partial charge is 0.493 e. The molecule has 0 fully saturated rings. The van der Waals surface area contributed by atoms with Crippen LogP contribution in [-0.2, 0) is 6.67 Å². The summed E-state index contributed by atoms with van der Waals surface area (Å²) in [5.74, 6) is 1.11. The van der Waals surface area contributed by atoms with E-state index in [9.17, 15) is 17.6 Å². The van der Waals surface area contributed by atoms with E-state index < -0.39 is 18.6 Å². The van der Waals surface area contributed by atoms with Gasteiger partial charge >= 0.3 is 6.18 Å². The summed E-state index contributed by atoms with van der Waals surface area (Å²) in [4.78, 5) is 3.30. The van der Waals surface area contributed by atoms with Gasteiger partial charge in [0.15, 0.2) is 0 Å². The Morgan fingerprint density at radius 2 is 1.38 bits per heavy atom. The summed E-state index contributed by atoms with van der Waals surface area (Å²) in [5.41, 5.74) is -0.338. The molecule has 140 valence electrons. The molecule has 26 heavy (non-hydrogen) atoms. The van der Waals surface area contributed by atoms with Gasteiger partial charge < -0.3 is 9.47 Å². The Morgan fingerprint density at radius 1 is 0.885 bits per heavy atom. The second kappa shape index (κ2) is 9.22. The van der Waals surface area contributed by atoms with Crippen molar-refractivity contribution < 1.29 is 27.0 Å². The molecular formula is C19H19F4NO2. The molecule has 0 aliphatic rings. The maximum atomic E-state index is 12.8. The molecule has 0 radical (unpaired) electrons.